The average molecular weight is 369 g/mol. The van der Waals surface area contributed by atoms with E-state index in [1.807, 2.05) is 6.92 Å². The minimum Gasteiger partial charge on any atom is -0.312 e. The van der Waals surface area contributed by atoms with Crippen LogP contribution in [0.15, 0.2) is 34.1 Å². The number of nitrogens with zero attached hydrogens (tertiary/aromatic N) is 1. The number of rotatable bonds is 4. The molecule has 1 aliphatic heterocycles. The van der Waals surface area contributed by atoms with Gasteiger partial charge in [0.25, 0.3) is 0 Å². The molecule has 126 valence electrons. The second-order valence-corrected chi connectivity index (χ2v) is 9.31. The van der Waals surface area contributed by atoms with Gasteiger partial charge in [-0.25, -0.2) is 16.8 Å². The third kappa shape index (κ3) is 3.99. The number of nitrogens with one attached hydrogen (secondary N) is 1. The fourth-order valence-electron chi connectivity index (χ4n) is 2.26. The number of hydrogen-bond acceptors (Lipinski definition) is 5. The van der Waals surface area contributed by atoms with Gasteiger partial charge >= 0.3 is 0 Å². The van der Waals surface area contributed by atoms with Crippen LogP contribution >= 0.6 is 12.4 Å². The van der Waals surface area contributed by atoms with E-state index < -0.39 is 19.9 Å². The van der Waals surface area contributed by atoms with Crippen LogP contribution in [0.4, 0.5) is 0 Å². The summed E-state index contributed by atoms with van der Waals surface area (Å²) in [6.45, 7) is 4.81. The molecule has 1 aromatic carbocycles. The van der Waals surface area contributed by atoms with Gasteiger partial charge in [0, 0.05) is 25.7 Å². The highest BCUT2D eigenvalue weighted by atomic mass is 35.5. The summed E-state index contributed by atoms with van der Waals surface area (Å²) in [5.74, 6) is -0.0544. The highest BCUT2D eigenvalue weighted by Gasteiger charge is 2.29. The molecule has 1 N–H and O–H groups in total. The molecule has 1 unspecified atom stereocenters. The maximum atomic E-state index is 12.6. The predicted octanol–water partition coefficient (Wildman–Crippen LogP) is 0.884. The van der Waals surface area contributed by atoms with Gasteiger partial charge in [0.15, 0.2) is 9.84 Å². The van der Waals surface area contributed by atoms with E-state index in [1.54, 1.807) is 0 Å². The third-order valence-electron chi connectivity index (χ3n) is 3.51. The second kappa shape index (κ2) is 7.27. The second-order valence-electron chi connectivity index (χ2n) is 5.10. The van der Waals surface area contributed by atoms with Gasteiger partial charge in [-0.05, 0) is 25.1 Å². The van der Waals surface area contributed by atoms with Crippen LogP contribution < -0.4 is 5.32 Å². The van der Waals surface area contributed by atoms with Crippen molar-refractivity contribution in [2.24, 2.45) is 0 Å². The summed E-state index contributed by atoms with van der Waals surface area (Å²) < 4.78 is 50.4. The molecular formula is C13H21ClN2O4S2. The lowest BCUT2D eigenvalue weighted by Gasteiger charge is -2.31. The van der Waals surface area contributed by atoms with Crippen LogP contribution in [0.3, 0.4) is 0 Å². The molecule has 0 saturated carbocycles. The van der Waals surface area contributed by atoms with E-state index in [9.17, 15) is 16.8 Å². The molecule has 9 heteroatoms. The SMILES string of the molecule is CCS(=O)(=O)c1cccc(S(=O)(=O)N2CCNC(C)C2)c1.Cl. The Kier molecular flexibility index (Phi) is 6.40. The van der Waals surface area contributed by atoms with Crippen LogP contribution in [0.2, 0.25) is 0 Å². The molecular weight excluding hydrogens is 348 g/mol. The van der Waals surface area contributed by atoms with Gasteiger partial charge in [-0.2, -0.15) is 4.31 Å². The Morgan fingerprint density at radius 2 is 1.86 bits per heavy atom. The first-order chi connectivity index (χ1) is 9.77. The van der Waals surface area contributed by atoms with Gasteiger partial charge in [0.2, 0.25) is 10.0 Å². The Balaban J connectivity index is 0.00000242. The molecule has 0 amide bonds. The van der Waals surface area contributed by atoms with Crippen LogP contribution in [-0.4, -0.2) is 52.6 Å². The van der Waals surface area contributed by atoms with E-state index in [2.05, 4.69) is 5.32 Å². The molecule has 6 nitrogen and oxygen atoms in total. The van der Waals surface area contributed by atoms with Crippen molar-refractivity contribution in [2.45, 2.75) is 29.7 Å². The van der Waals surface area contributed by atoms with E-state index in [4.69, 9.17) is 0 Å². The van der Waals surface area contributed by atoms with Gasteiger partial charge in [-0.3, -0.25) is 0 Å². The van der Waals surface area contributed by atoms with Crippen molar-refractivity contribution >= 4 is 32.3 Å². The van der Waals surface area contributed by atoms with Crippen molar-refractivity contribution in [3.8, 4) is 0 Å². The summed E-state index contributed by atoms with van der Waals surface area (Å²) in [5, 5.41) is 3.18. The van der Waals surface area contributed by atoms with Gasteiger partial charge in [0.1, 0.15) is 0 Å². The van der Waals surface area contributed by atoms with Gasteiger partial charge in [-0.1, -0.05) is 13.0 Å². The van der Waals surface area contributed by atoms with Crippen molar-refractivity contribution in [1.29, 1.82) is 0 Å². The molecule has 0 bridgehead atoms. The number of benzene rings is 1. The Morgan fingerprint density at radius 3 is 2.45 bits per heavy atom. The fourth-order valence-corrected chi connectivity index (χ4v) is 4.84. The first-order valence-electron chi connectivity index (χ1n) is 6.83. The van der Waals surface area contributed by atoms with Crippen molar-refractivity contribution in [2.75, 3.05) is 25.4 Å². The largest absolute Gasteiger partial charge is 0.312 e. The van der Waals surface area contributed by atoms with Crippen molar-refractivity contribution in [1.82, 2.24) is 9.62 Å². The minimum atomic E-state index is -3.66. The van der Waals surface area contributed by atoms with Gasteiger partial charge < -0.3 is 5.32 Å². The lowest BCUT2D eigenvalue weighted by molar-refractivity contribution is 0.310. The first kappa shape index (κ1) is 19.4. The summed E-state index contributed by atoms with van der Waals surface area (Å²) >= 11 is 0. The zero-order valence-electron chi connectivity index (χ0n) is 12.5. The van der Waals surface area contributed by atoms with E-state index in [0.29, 0.717) is 19.6 Å². The van der Waals surface area contributed by atoms with Crippen LogP contribution in [0.5, 0.6) is 0 Å². The molecule has 1 aliphatic rings. The standard InChI is InChI=1S/C13H20N2O4S2.ClH/c1-3-20(16,17)12-5-4-6-13(9-12)21(18,19)15-8-7-14-11(2)10-15;/h4-6,9,11,14H,3,7-8,10H2,1-2H3;1H. The Bertz CT molecular complexity index is 719. The highest BCUT2D eigenvalue weighted by molar-refractivity contribution is 7.91. The topological polar surface area (TPSA) is 83.5 Å². The van der Waals surface area contributed by atoms with Crippen LogP contribution in [0.1, 0.15) is 13.8 Å². The molecule has 1 aromatic rings. The van der Waals surface area contributed by atoms with E-state index >= 15 is 0 Å². The number of hydrogen-bond donors (Lipinski definition) is 1. The maximum absolute atomic E-state index is 12.6. The monoisotopic (exact) mass is 368 g/mol. The molecule has 1 saturated heterocycles. The summed E-state index contributed by atoms with van der Waals surface area (Å²) in [6, 6.07) is 5.67. The molecule has 1 heterocycles. The molecule has 0 radical (unpaired) electrons. The average Bonchev–Trinajstić information content (AvgIpc) is 2.47. The molecule has 0 spiro atoms. The number of sulfone groups is 1. The normalized spacial score (nSPS) is 20.4. The molecule has 1 atom stereocenters. The molecule has 22 heavy (non-hydrogen) atoms. The summed E-state index contributed by atoms with van der Waals surface area (Å²) in [7, 11) is -7.07. The van der Waals surface area contributed by atoms with Crippen LogP contribution in [0.25, 0.3) is 0 Å². The molecule has 0 aliphatic carbocycles. The van der Waals surface area contributed by atoms with Crippen molar-refractivity contribution in [3.63, 3.8) is 0 Å². The van der Waals surface area contributed by atoms with Crippen LogP contribution in [-0.2, 0) is 19.9 Å². The lowest BCUT2D eigenvalue weighted by atomic mass is 10.3. The van der Waals surface area contributed by atoms with E-state index in [0.717, 1.165) is 0 Å². The number of sulfonamides is 1. The van der Waals surface area contributed by atoms with E-state index in [-0.39, 0.29) is 34.0 Å². The Labute approximate surface area is 138 Å². The lowest BCUT2D eigenvalue weighted by Crippen LogP contribution is -2.51. The van der Waals surface area contributed by atoms with Gasteiger partial charge in [-0.15, -0.1) is 12.4 Å². The first-order valence-corrected chi connectivity index (χ1v) is 9.93. The maximum Gasteiger partial charge on any atom is 0.243 e. The predicted molar refractivity (Wildman–Crippen MR) is 87.6 cm³/mol. The number of piperazine rings is 1. The van der Waals surface area contributed by atoms with Gasteiger partial charge in [0.05, 0.1) is 15.5 Å². The van der Waals surface area contributed by atoms with E-state index in [1.165, 1.54) is 35.5 Å². The quantitative estimate of drug-likeness (QED) is 0.853. The number of halogens is 1. The van der Waals surface area contributed by atoms with Crippen molar-refractivity contribution < 1.29 is 16.8 Å². The Morgan fingerprint density at radius 1 is 1.23 bits per heavy atom. The zero-order valence-corrected chi connectivity index (χ0v) is 15.0. The third-order valence-corrected chi connectivity index (χ3v) is 7.11. The van der Waals surface area contributed by atoms with Crippen LogP contribution in [0, 0.1) is 0 Å². The Hall–Kier alpha value is -0.670. The minimum absolute atomic E-state index is 0. The summed E-state index contributed by atoms with van der Waals surface area (Å²) in [6.07, 6.45) is 0. The molecule has 1 fully saturated rings. The smallest absolute Gasteiger partial charge is 0.243 e. The summed E-state index contributed by atoms with van der Waals surface area (Å²) in [4.78, 5) is 0.0837. The summed E-state index contributed by atoms with van der Waals surface area (Å²) in [5.41, 5.74) is 0. The molecule has 2 rings (SSSR count). The zero-order chi connectivity index (χ0) is 15.7. The highest BCUT2D eigenvalue weighted by Crippen LogP contribution is 2.21. The molecule has 0 aromatic heterocycles. The fraction of sp³-hybridized carbons (Fsp3) is 0.538. The van der Waals surface area contributed by atoms with Crippen molar-refractivity contribution in [3.05, 3.63) is 24.3 Å².